The van der Waals surface area contributed by atoms with Crippen LogP contribution in [0.15, 0.2) is 10.7 Å². The van der Waals surface area contributed by atoms with Gasteiger partial charge < -0.3 is 5.32 Å². The number of aromatic nitrogens is 2. The predicted octanol–water partition coefficient (Wildman–Crippen LogP) is 4.95. The Morgan fingerprint density at radius 1 is 1.30 bits per heavy atom. The molecule has 3 nitrogen and oxygen atoms in total. The zero-order chi connectivity index (χ0) is 15.5. The minimum absolute atomic E-state index is 0.322. The molecule has 1 aromatic rings. The minimum atomic E-state index is 0.322. The number of nitrogens with zero attached hydrogens (tertiary/aromatic N) is 2. The van der Waals surface area contributed by atoms with Crippen LogP contribution in [0, 0.1) is 11.3 Å². The Labute approximate surface area is 132 Å². The Bertz CT molecular complexity index is 418. The summed E-state index contributed by atoms with van der Waals surface area (Å²) in [6.45, 7) is 16.8. The van der Waals surface area contributed by atoms with Crippen molar-refractivity contribution in [3.8, 4) is 0 Å². The highest BCUT2D eigenvalue weighted by Crippen LogP contribution is 2.36. The minimum Gasteiger partial charge on any atom is -0.309 e. The Morgan fingerprint density at radius 2 is 1.90 bits per heavy atom. The molecular weight excluding hydrogens is 314 g/mol. The first-order valence-corrected chi connectivity index (χ1v) is 8.44. The van der Waals surface area contributed by atoms with Crippen LogP contribution in [0.3, 0.4) is 0 Å². The van der Waals surface area contributed by atoms with Crippen molar-refractivity contribution in [1.82, 2.24) is 15.1 Å². The van der Waals surface area contributed by atoms with Gasteiger partial charge in [0.1, 0.15) is 0 Å². The summed E-state index contributed by atoms with van der Waals surface area (Å²) in [4.78, 5) is 0. The monoisotopic (exact) mass is 343 g/mol. The van der Waals surface area contributed by atoms with E-state index in [0.717, 1.165) is 17.4 Å². The summed E-state index contributed by atoms with van der Waals surface area (Å²) in [7, 11) is 0. The van der Waals surface area contributed by atoms with Gasteiger partial charge in [-0.05, 0) is 54.1 Å². The summed E-state index contributed by atoms with van der Waals surface area (Å²) in [5.41, 5.74) is 1.60. The highest BCUT2D eigenvalue weighted by atomic mass is 79.9. The number of rotatable bonds is 6. The quantitative estimate of drug-likeness (QED) is 0.791. The molecule has 1 aromatic heterocycles. The Hall–Kier alpha value is -0.350. The fourth-order valence-corrected chi connectivity index (χ4v) is 2.88. The molecule has 2 atom stereocenters. The summed E-state index contributed by atoms with van der Waals surface area (Å²) in [6, 6.07) is 0.718. The molecule has 0 fully saturated rings. The summed E-state index contributed by atoms with van der Waals surface area (Å²) in [6.07, 6.45) is 3.04. The van der Waals surface area contributed by atoms with Crippen molar-refractivity contribution in [2.45, 2.75) is 67.0 Å². The fourth-order valence-electron chi connectivity index (χ4n) is 2.33. The van der Waals surface area contributed by atoms with Crippen molar-refractivity contribution >= 4 is 15.9 Å². The van der Waals surface area contributed by atoms with E-state index < -0.39 is 0 Å². The van der Waals surface area contributed by atoms with Crippen LogP contribution in [-0.4, -0.2) is 16.3 Å². The van der Waals surface area contributed by atoms with Crippen LogP contribution in [0.25, 0.3) is 0 Å². The maximum absolute atomic E-state index is 4.52. The Kier molecular flexibility index (Phi) is 6.26. The molecule has 1 heterocycles. The first-order chi connectivity index (χ1) is 9.18. The second kappa shape index (κ2) is 7.08. The van der Waals surface area contributed by atoms with Gasteiger partial charge >= 0.3 is 0 Å². The molecule has 0 aliphatic carbocycles. The average Bonchev–Trinajstić information content (AvgIpc) is 2.69. The van der Waals surface area contributed by atoms with Gasteiger partial charge in [-0.25, -0.2) is 0 Å². The largest absolute Gasteiger partial charge is 0.309 e. The van der Waals surface area contributed by atoms with Crippen LogP contribution in [0.5, 0.6) is 0 Å². The van der Waals surface area contributed by atoms with E-state index in [1.807, 2.05) is 6.20 Å². The van der Waals surface area contributed by atoms with E-state index in [1.54, 1.807) is 0 Å². The van der Waals surface area contributed by atoms with Crippen molar-refractivity contribution in [3.05, 3.63) is 16.4 Å². The lowest BCUT2D eigenvalue weighted by Crippen LogP contribution is -2.29. The summed E-state index contributed by atoms with van der Waals surface area (Å²) in [5.74, 6) is 0.633. The molecule has 0 saturated heterocycles. The molecule has 2 unspecified atom stereocenters. The highest BCUT2D eigenvalue weighted by Gasteiger charge is 2.27. The van der Waals surface area contributed by atoms with Crippen LogP contribution in [0.1, 0.15) is 72.7 Å². The summed E-state index contributed by atoms with van der Waals surface area (Å²) < 4.78 is 3.24. The van der Waals surface area contributed by atoms with Gasteiger partial charge in [0, 0.05) is 6.04 Å². The molecule has 0 saturated carbocycles. The first-order valence-electron chi connectivity index (χ1n) is 7.64. The molecule has 0 bridgehead atoms. The summed E-state index contributed by atoms with van der Waals surface area (Å²) >= 11 is 3.67. The molecule has 1 rings (SSSR count). The predicted molar refractivity (Wildman–Crippen MR) is 90.0 cm³/mol. The van der Waals surface area contributed by atoms with E-state index in [1.165, 1.54) is 5.69 Å². The number of halogens is 1. The van der Waals surface area contributed by atoms with Gasteiger partial charge in [-0.15, -0.1) is 0 Å². The zero-order valence-corrected chi connectivity index (χ0v) is 15.6. The van der Waals surface area contributed by atoms with Crippen LogP contribution in [-0.2, 0) is 0 Å². The second-order valence-electron chi connectivity index (χ2n) is 7.03. The molecule has 20 heavy (non-hydrogen) atoms. The number of hydrogen-bond donors (Lipinski definition) is 1. The van der Waals surface area contributed by atoms with Crippen molar-refractivity contribution in [1.29, 1.82) is 0 Å². The molecule has 0 aromatic carbocycles. The molecular formula is C16H30BrN3. The van der Waals surface area contributed by atoms with Gasteiger partial charge in [0.25, 0.3) is 0 Å². The Morgan fingerprint density at radius 3 is 2.35 bits per heavy atom. The van der Waals surface area contributed by atoms with E-state index in [9.17, 15) is 0 Å². The van der Waals surface area contributed by atoms with Gasteiger partial charge in [-0.2, -0.15) is 5.10 Å². The SMILES string of the molecule is CCNC(CC(C)C(C)(C)C)c1c(Br)cnn1C(C)C. The maximum atomic E-state index is 4.52. The van der Waals surface area contributed by atoms with Crippen LogP contribution >= 0.6 is 15.9 Å². The van der Waals surface area contributed by atoms with E-state index in [0.29, 0.717) is 23.4 Å². The highest BCUT2D eigenvalue weighted by molar-refractivity contribution is 9.10. The fraction of sp³-hybridized carbons (Fsp3) is 0.812. The van der Waals surface area contributed by atoms with Crippen molar-refractivity contribution in [3.63, 3.8) is 0 Å². The third kappa shape index (κ3) is 4.32. The van der Waals surface area contributed by atoms with Crippen LogP contribution < -0.4 is 5.32 Å². The third-order valence-electron chi connectivity index (χ3n) is 4.12. The van der Waals surface area contributed by atoms with Gasteiger partial charge in [0.05, 0.1) is 22.4 Å². The molecule has 0 amide bonds. The molecule has 4 heteroatoms. The topological polar surface area (TPSA) is 29.9 Å². The average molecular weight is 344 g/mol. The van der Waals surface area contributed by atoms with Crippen molar-refractivity contribution in [2.24, 2.45) is 11.3 Å². The van der Waals surface area contributed by atoms with Gasteiger partial charge in [0.15, 0.2) is 0 Å². The molecule has 116 valence electrons. The Balaban J connectivity index is 3.05. The molecule has 0 spiro atoms. The molecule has 1 N–H and O–H groups in total. The summed E-state index contributed by atoms with van der Waals surface area (Å²) in [5, 5.41) is 8.15. The van der Waals surface area contributed by atoms with Gasteiger partial charge in [-0.3, -0.25) is 4.68 Å². The van der Waals surface area contributed by atoms with E-state index in [4.69, 9.17) is 0 Å². The normalized spacial score (nSPS) is 15.7. The van der Waals surface area contributed by atoms with E-state index >= 15 is 0 Å². The first kappa shape index (κ1) is 17.7. The lowest BCUT2D eigenvalue weighted by Gasteiger charge is -2.32. The van der Waals surface area contributed by atoms with E-state index in [2.05, 4.69) is 79.5 Å². The van der Waals surface area contributed by atoms with Crippen LogP contribution in [0.2, 0.25) is 0 Å². The maximum Gasteiger partial charge on any atom is 0.0698 e. The lowest BCUT2D eigenvalue weighted by molar-refractivity contribution is 0.219. The second-order valence-corrected chi connectivity index (χ2v) is 7.88. The molecule has 0 radical (unpaired) electrons. The van der Waals surface area contributed by atoms with Crippen molar-refractivity contribution in [2.75, 3.05) is 6.54 Å². The lowest BCUT2D eigenvalue weighted by atomic mass is 9.78. The van der Waals surface area contributed by atoms with Crippen LogP contribution in [0.4, 0.5) is 0 Å². The van der Waals surface area contributed by atoms with Crippen molar-refractivity contribution < 1.29 is 0 Å². The number of hydrogen-bond acceptors (Lipinski definition) is 2. The standard InChI is InChI=1S/C16H30BrN3/c1-8-18-14(9-12(4)16(5,6)7)15-13(17)10-19-20(15)11(2)3/h10-12,14,18H,8-9H2,1-7H3. The zero-order valence-electron chi connectivity index (χ0n) is 14.0. The third-order valence-corrected chi connectivity index (χ3v) is 4.74. The smallest absolute Gasteiger partial charge is 0.0698 e. The molecule has 0 aliphatic rings. The molecule has 0 aliphatic heterocycles. The van der Waals surface area contributed by atoms with Gasteiger partial charge in [-0.1, -0.05) is 34.6 Å². The van der Waals surface area contributed by atoms with Gasteiger partial charge in [0.2, 0.25) is 0 Å². The number of nitrogens with one attached hydrogen (secondary N) is 1. The van der Waals surface area contributed by atoms with E-state index in [-0.39, 0.29) is 0 Å².